The molecule has 170 valence electrons. The van der Waals surface area contributed by atoms with Crippen molar-refractivity contribution in [3.05, 3.63) is 90.0 Å². The van der Waals surface area contributed by atoms with E-state index in [4.69, 9.17) is 21.7 Å². The van der Waals surface area contributed by atoms with Crippen LogP contribution >= 0.6 is 12.2 Å². The van der Waals surface area contributed by atoms with Gasteiger partial charge in [0, 0.05) is 23.4 Å². The summed E-state index contributed by atoms with van der Waals surface area (Å²) in [5.74, 6) is 0.938. The lowest BCUT2D eigenvalue weighted by Crippen LogP contribution is -2.34. The normalized spacial score (nSPS) is 10.1. The van der Waals surface area contributed by atoms with Gasteiger partial charge in [-0.3, -0.25) is 14.9 Å². The SMILES string of the molecule is CCNC(=O)c1ccc(NC(=S)NC(=O)c2ccc(OCCOc3ccccc3)cc2)cc1. The average Bonchev–Trinajstić information content (AvgIpc) is 2.83. The lowest BCUT2D eigenvalue weighted by molar-refractivity contribution is 0.0953. The van der Waals surface area contributed by atoms with Gasteiger partial charge in [-0.05, 0) is 79.8 Å². The highest BCUT2D eigenvalue weighted by atomic mass is 32.1. The molecule has 0 unspecified atom stereocenters. The van der Waals surface area contributed by atoms with Crippen LogP contribution in [0.1, 0.15) is 27.6 Å². The zero-order chi connectivity index (χ0) is 23.5. The molecule has 7 nitrogen and oxygen atoms in total. The highest BCUT2D eigenvalue weighted by Gasteiger charge is 2.09. The third-order valence-electron chi connectivity index (χ3n) is 4.45. The van der Waals surface area contributed by atoms with E-state index in [1.165, 1.54) is 0 Å². The van der Waals surface area contributed by atoms with E-state index in [0.717, 1.165) is 5.75 Å². The molecule has 0 bridgehead atoms. The van der Waals surface area contributed by atoms with Crippen LogP contribution < -0.4 is 25.4 Å². The molecular weight excluding hydrogens is 438 g/mol. The van der Waals surface area contributed by atoms with Crippen molar-refractivity contribution in [2.45, 2.75) is 6.92 Å². The Balaban J connectivity index is 1.43. The van der Waals surface area contributed by atoms with Gasteiger partial charge in [-0.15, -0.1) is 0 Å². The highest BCUT2D eigenvalue weighted by molar-refractivity contribution is 7.80. The van der Waals surface area contributed by atoms with E-state index < -0.39 is 0 Å². The number of hydrogen-bond donors (Lipinski definition) is 3. The Morgan fingerprint density at radius 1 is 0.758 bits per heavy atom. The van der Waals surface area contributed by atoms with Crippen molar-refractivity contribution in [3.63, 3.8) is 0 Å². The highest BCUT2D eigenvalue weighted by Crippen LogP contribution is 2.14. The van der Waals surface area contributed by atoms with Gasteiger partial charge in [0.15, 0.2) is 5.11 Å². The largest absolute Gasteiger partial charge is 0.490 e. The molecular formula is C25H25N3O4S. The van der Waals surface area contributed by atoms with Crippen LogP contribution in [0, 0.1) is 0 Å². The Kier molecular flexibility index (Phi) is 8.79. The molecule has 0 atom stereocenters. The maximum absolute atomic E-state index is 12.4. The molecule has 2 amide bonds. The molecule has 8 heteroatoms. The van der Waals surface area contributed by atoms with Gasteiger partial charge in [0.05, 0.1) is 0 Å². The predicted molar refractivity (Wildman–Crippen MR) is 132 cm³/mol. The fraction of sp³-hybridized carbons (Fsp3) is 0.160. The summed E-state index contributed by atoms with van der Waals surface area (Å²) >= 11 is 5.21. The van der Waals surface area contributed by atoms with Gasteiger partial charge < -0.3 is 20.1 Å². The number of anilines is 1. The lowest BCUT2D eigenvalue weighted by Gasteiger charge is -2.11. The summed E-state index contributed by atoms with van der Waals surface area (Å²) in [6.07, 6.45) is 0. The fourth-order valence-corrected chi connectivity index (χ4v) is 3.05. The number of amides is 2. The van der Waals surface area contributed by atoms with Crippen LogP contribution in [0.25, 0.3) is 0 Å². The first-order valence-electron chi connectivity index (χ1n) is 10.5. The van der Waals surface area contributed by atoms with Crippen LogP contribution in [-0.2, 0) is 0 Å². The Bertz CT molecular complexity index is 1070. The molecule has 0 radical (unpaired) electrons. The van der Waals surface area contributed by atoms with Crippen molar-refractivity contribution in [2.24, 2.45) is 0 Å². The molecule has 3 aromatic carbocycles. The van der Waals surface area contributed by atoms with Crippen molar-refractivity contribution >= 4 is 34.8 Å². The zero-order valence-electron chi connectivity index (χ0n) is 18.2. The van der Waals surface area contributed by atoms with Crippen molar-refractivity contribution in [1.29, 1.82) is 0 Å². The average molecular weight is 464 g/mol. The third-order valence-corrected chi connectivity index (χ3v) is 4.65. The molecule has 0 aliphatic rings. The minimum Gasteiger partial charge on any atom is -0.490 e. The summed E-state index contributed by atoms with van der Waals surface area (Å²) in [7, 11) is 0. The summed E-state index contributed by atoms with van der Waals surface area (Å²) < 4.78 is 11.2. The zero-order valence-corrected chi connectivity index (χ0v) is 19.0. The quantitative estimate of drug-likeness (QED) is 0.328. The summed E-state index contributed by atoms with van der Waals surface area (Å²) in [6.45, 7) is 3.21. The molecule has 3 aromatic rings. The van der Waals surface area contributed by atoms with Crippen LogP contribution in [0.15, 0.2) is 78.9 Å². The third kappa shape index (κ3) is 7.62. The van der Waals surface area contributed by atoms with E-state index in [-0.39, 0.29) is 16.9 Å². The van der Waals surface area contributed by atoms with E-state index in [1.54, 1.807) is 48.5 Å². The Morgan fingerprint density at radius 2 is 1.30 bits per heavy atom. The number of benzene rings is 3. The monoisotopic (exact) mass is 463 g/mol. The maximum Gasteiger partial charge on any atom is 0.257 e. The van der Waals surface area contributed by atoms with Crippen LogP contribution in [0.4, 0.5) is 5.69 Å². The Labute approximate surface area is 198 Å². The van der Waals surface area contributed by atoms with E-state index in [9.17, 15) is 9.59 Å². The Morgan fingerprint density at radius 3 is 1.91 bits per heavy atom. The summed E-state index contributed by atoms with van der Waals surface area (Å²) in [4.78, 5) is 24.2. The van der Waals surface area contributed by atoms with Gasteiger partial charge in [-0.25, -0.2) is 0 Å². The van der Waals surface area contributed by atoms with E-state index in [2.05, 4.69) is 16.0 Å². The Hall–Kier alpha value is -3.91. The first-order chi connectivity index (χ1) is 16.0. The number of ether oxygens (including phenoxy) is 2. The second-order valence-electron chi connectivity index (χ2n) is 6.88. The first-order valence-corrected chi connectivity index (χ1v) is 10.9. The lowest BCUT2D eigenvalue weighted by atomic mass is 10.2. The number of rotatable bonds is 9. The molecule has 0 fully saturated rings. The first kappa shape index (κ1) is 23.7. The number of hydrogen-bond acceptors (Lipinski definition) is 5. The summed E-state index contributed by atoms with van der Waals surface area (Å²) in [5, 5.41) is 8.45. The van der Waals surface area contributed by atoms with Crippen molar-refractivity contribution in [2.75, 3.05) is 25.1 Å². The van der Waals surface area contributed by atoms with Gasteiger partial charge in [-0.2, -0.15) is 0 Å². The van der Waals surface area contributed by atoms with Crippen LogP contribution in [0.2, 0.25) is 0 Å². The maximum atomic E-state index is 12.4. The van der Waals surface area contributed by atoms with Crippen molar-refractivity contribution in [3.8, 4) is 11.5 Å². The summed E-state index contributed by atoms with van der Waals surface area (Å²) in [6, 6.07) is 23.1. The standard InChI is InChI=1S/C25H25N3O4S/c1-2-26-23(29)18-8-12-20(13-9-18)27-25(33)28-24(30)19-10-14-22(15-11-19)32-17-16-31-21-6-4-3-5-7-21/h3-15H,2,16-17H2,1H3,(H,26,29)(H2,27,28,30,33). The van der Waals surface area contributed by atoms with Crippen molar-refractivity contribution < 1.29 is 19.1 Å². The molecule has 0 spiro atoms. The van der Waals surface area contributed by atoms with Crippen LogP contribution in [0.5, 0.6) is 11.5 Å². The molecule has 0 aromatic heterocycles. The minimum atomic E-state index is -0.342. The smallest absolute Gasteiger partial charge is 0.257 e. The second kappa shape index (κ2) is 12.2. The molecule has 0 aliphatic carbocycles. The molecule has 0 saturated heterocycles. The van der Waals surface area contributed by atoms with E-state index >= 15 is 0 Å². The molecule has 0 heterocycles. The number of thiocarbonyl (C=S) groups is 1. The number of carbonyl (C=O) groups is 2. The molecule has 0 aliphatic heterocycles. The second-order valence-corrected chi connectivity index (χ2v) is 7.29. The molecule has 33 heavy (non-hydrogen) atoms. The van der Waals surface area contributed by atoms with E-state index in [0.29, 0.717) is 42.3 Å². The van der Waals surface area contributed by atoms with E-state index in [1.807, 2.05) is 37.3 Å². The topological polar surface area (TPSA) is 88.7 Å². The predicted octanol–water partition coefficient (Wildman–Crippen LogP) is 4.02. The number of nitrogens with one attached hydrogen (secondary N) is 3. The van der Waals surface area contributed by atoms with Crippen molar-refractivity contribution in [1.82, 2.24) is 10.6 Å². The van der Waals surface area contributed by atoms with Gasteiger partial charge >= 0.3 is 0 Å². The summed E-state index contributed by atoms with van der Waals surface area (Å²) in [5.41, 5.74) is 1.65. The van der Waals surface area contributed by atoms with Crippen LogP contribution in [0.3, 0.4) is 0 Å². The van der Waals surface area contributed by atoms with Gasteiger partial charge in [0.25, 0.3) is 11.8 Å². The minimum absolute atomic E-state index is 0.143. The molecule has 0 saturated carbocycles. The number of carbonyl (C=O) groups excluding carboxylic acids is 2. The van der Waals surface area contributed by atoms with Gasteiger partial charge in [0.1, 0.15) is 24.7 Å². The number of para-hydroxylation sites is 1. The molecule has 3 rings (SSSR count). The van der Waals surface area contributed by atoms with Crippen LogP contribution in [-0.4, -0.2) is 36.7 Å². The molecule has 3 N–H and O–H groups in total. The van der Waals surface area contributed by atoms with Gasteiger partial charge in [-0.1, -0.05) is 18.2 Å². The van der Waals surface area contributed by atoms with Gasteiger partial charge in [0.2, 0.25) is 0 Å². The fourth-order valence-electron chi connectivity index (χ4n) is 2.84.